The van der Waals surface area contributed by atoms with Crippen molar-refractivity contribution < 1.29 is 4.79 Å². The Morgan fingerprint density at radius 3 is 2.71 bits per heavy atom. The monoisotopic (exact) mass is 250 g/mol. The van der Waals surface area contributed by atoms with E-state index < -0.39 is 0 Å². The lowest BCUT2D eigenvalue weighted by molar-refractivity contribution is -0.121. The molecule has 1 aromatic carbocycles. The van der Waals surface area contributed by atoms with Crippen LogP contribution in [0.15, 0.2) is 36.5 Å². The zero-order valence-corrected chi connectivity index (χ0v) is 9.69. The molecule has 6 heteroatoms. The van der Waals surface area contributed by atoms with Crippen LogP contribution in [0.5, 0.6) is 0 Å². The number of nitrogens with zero attached hydrogens (tertiary/aromatic N) is 2. The summed E-state index contributed by atoms with van der Waals surface area (Å²) in [6, 6.07) is 9.16. The first kappa shape index (κ1) is 11.6. The second-order valence-electron chi connectivity index (χ2n) is 3.47. The second kappa shape index (κ2) is 4.99. The fourth-order valence-electron chi connectivity index (χ4n) is 1.42. The number of hydrogen-bond donors (Lipinski definition) is 2. The number of hydrogen-bond acceptors (Lipinski definition) is 3. The first-order valence-electron chi connectivity index (χ1n) is 4.98. The highest BCUT2D eigenvalue weighted by molar-refractivity contribution is 6.30. The second-order valence-corrected chi connectivity index (χ2v) is 3.91. The lowest BCUT2D eigenvalue weighted by Crippen LogP contribution is -2.33. The van der Waals surface area contributed by atoms with Crippen molar-refractivity contribution in [1.29, 1.82) is 0 Å². The number of rotatable bonds is 3. The molecule has 0 bridgehead atoms. The van der Waals surface area contributed by atoms with E-state index >= 15 is 0 Å². The number of benzene rings is 1. The maximum atomic E-state index is 11.1. The Morgan fingerprint density at radius 2 is 2.06 bits per heavy atom. The quantitative estimate of drug-likeness (QED) is 0.488. The van der Waals surface area contributed by atoms with Gasteiger partial charge in [0.25, 0.3) is 5.91 Å². The zero-order chi connectivity index (χ0) is 12.3. The van der Waals surface area contributed by atoms with Crippen LogP contribution in [0.2, 0.25) is 5.02 Å². The zero-order valence-electron chi connectivity index (χ0n) is 8.93. The van der Waals surface area contributed by atoms with E-state index in [1.807, 2.05) is 18.2 Å². The molecule has 0 fully saturated rings. The topological polar surface area (TPSA) is 72.9 Å². The first-order chi connectivity index (χ1) is 8.19. The fraction of sp³-hybridized carbons (Fsp3) is 0.0909. The smallest absolute Gasteiger partial charge is 0.255 e. The van der Waals surface area contributed by atoms with Crippen LogP contribution < -0.4 is 11.3 Å². The largest absolute Gasteiger partial charge is 0.293 e. The van der Waals surface area contributed by atoms with Gasteiger partial charge in [-0.2, -0.15) is 5.10 Å². The van der Waals surface area contributed by atoms with Crippen LogP contribution in [0.25, 0.3) is 11.3 Å². The van der Waals surface area contributed by atoms with E-state index in [1.54, 1.807) is 18.3 Å². The van der Waals surface area contributed by atoms with Crippen molar-refractivity contribution in [3.63, 3.8) is 0 Å². The molecule has 0 atom stereocenters. The minimum Gasteiger partial charge on any atom is -0.293 e. The van der Waals surface area contributed by atoms with Gasteiger partial charge in [-0.25, -0.2) is 5.84 Å². The number of carbonyl (C=O) groups excluding carboxylic acids is 1. The molecule has 0 saturated heterocycles. The SMILES string of the molecule is NNC(=O)Cn1ccc(-c2ccc(Cl)cc2)n1. The van der Waals surface area contributed by atoms with Crippen LogP contribution in [-0.2, 0) is 11.3 Å². The molecule has 0 saturated carbocycles. The maximum absolute atomic E-state index is 11.1. The number of hydrazine groups is 1. The standard InChI is InChI=1S/C11H11ClN4O/c12-9-3-1-8(2-4-9)10-5-6-16(15-10)7-11(17)14-13/h1-6H,7,13H2,(H,14,17). The summed E-state index contributed by atoms with van der Waals surface area (Å²) in [7, 11) is 0. The summed E-state index contributed by atoms with van der Waals surface area (Å²) in [5.41, 5.74) is 3.78. The van der Waals surface area contributed by atoms with E-state index in [1.165, 1.54) is 4.68 Å². The summed E-state index contributed by atoms with van der Waals surface area (Å²) in [6.45, 7) is 0.101. The Hall–Kier alpha value is -1.85. The third-order valence-corrected chi connectivity index (χ3v) is 2.50. The number of halogens is 1. The van der Waals surface area contributed by atoms with Crippen LogP contribution in [0.3, 0.4) is 0 Å². The summed E-state index contributed by atoms with van der Waals surface area (Å²) in [5.74, 6) is 4.70. The van der Waals surface area contributed by atoms with Gasteiger partial charge in [0.1, 0.15) is 6.54 Å². The highest BCUT2D eigenvalue weighted by atomic mass is 35.5. The van der Waals surface area contributed by atoms with Gasteiger partial charge < -0.3 is 0 Å². The van der Waals surface area contributed by atoms with Crippen LogP contribution in [0.1, 0.15) is 0 Å². The molecule has 3 N–H and O–H groups in total. The molecule has 0 spiro atoms. The number of amides is 1. The Morgan fingerprint density at radius 1 is 1.35 bits per heavy atom. The Labute approximate surface area is 103 Å². The molecule has 1 aromatic heterocycles. The Kier molecular flexibility index (Phi) is 3.41. The van der Waals surface area contributed by atoms with E-state index in [-0.39, 0.29) is 12.5 Å². The molecule has 1 amide bonds. The van der Waals surface area contributed by atoms with Crippen molar-refractivity contribution in [3.8, 4) is 11.3 Å². The molecule has 0 aliphatic rings. The molecule has 1 heterocycles. The van der Waals surface area contributed by atoms with E-state index in [2.05, 4.69) is 10.5 Å². The van der Waals surface area contributed by atoms with Gasteiger partial charge in [-0.3, -0.25) is 14.9 Å². The molecular weight excluding hydrogens is 240 g/mol. The fourth-order valence-corrected chi connectivity index (χ4v) is 1.54. The molecule has 2 rings (SSSR count). The van der Waals surface area contributed by atoms with Crippen molar-refractivity contribution in [2.45, 2.75) is 6.54 Å². The van der Waals surface area contributed by atoms with Crippen LogP contribution in [-0.4, -0.2) is 15.7 Å². The van der Waals surface area contributed by atoms with Gasteiger partial charge in [-0.1, -0.05) is 23.7 Å². The summed E-state index contributed by atoms with van der Waals surface area (Å²) in [5, 5.41) is 4.93. The Bertz CT molecular complexity index is 521. The lowest BCUT2D eigenvalue weighted by Gasteiger charge is -2.00. The van der Waals surface area contributed by atoms with Gasteiger partial charge >= 0.3 is 0 Å². The normalized spacial score (nSPS) is 10.2. The summed E-state index contributed by atoms with van der Waals surface area (Å²) >= 11 is 5.80. The predicted octanol–water partition coefficient (Wildman–Crippen LogP) is 1.19. The molecular formula is C11H11ClN4O. The molecule has 17 heavy (non-hydrogen) atoms. The number of aromatic nitrogens is 2. The summed E-state index contributed by atoms with van der Waals surface area (Å²) in [6.07, 6.45) is 1.72. The lowest BCUT2D eigenvalue weighted by atomic mass is 10.2. The van der Waals surface area contributed by atoms with E-state index in [9.17, 15) is 4.79 Å². The maximum Gasteiger partial charge on any atom is 0.255 e. The van der Waals surface area contributed by atoms with Gasteiger partial charge in [-0.15, -0.1) is 0 Å². The predicted molar refractivity (Wildman–Crippen MR) is 65.0 cm³/mol. The van der Waals surface area contributed by atoms with Crippen LogP contribution in [0.4, 0.5) is 0 Å². The number of nitrogens with one attached hydrogen (secondary N) is 1. The van der Waals surface area contributed by atoms with E-state index in [0.717, 1.165) is 11.3 Å². The molecule has 0 radical (unpaired) electrons. The number of nitrogens with two attached hydrogens (primary N) is 1. The third kappa shape index (κ3) is 2.83. The molecule has 0 aliphatic carbocycles. The van der Waals surface area contributed by atoms with Crippen molar-refractivity contribution in [2.24, 2.45) is 5.84 Å². The first-order valence-corrected chi connectivity index (χ1v) is 5.35. The highest BCUT2D eigenvalue weighted by Crippen LogP contribution is 2.19. The van der Waals surface area contributed by atoms with E-state index in [4.69, 9.17) is 17.4 Å². The van der Waals surface area contributed by atoms with Crippen molar-refractivity contribution in [3.05, 3.63) is 41.6 Å². The molecule has 88 valence electrons. The minimum absolute atomic E-state index is 0.101. The van der Waals surface area contributed by atoms with Gasteiger partial charge in [-0.05, 0) is 18.2 Å². The van der Waals surface area contributed by atoms with Crippen molar-refractivity contribution in [1.82, 2.24) is 15.2 Å². The van der Waals surface area contributed by atoms with Gasteiger partial charge in [0, 0.05) is 16.8 Å². The van der Waals surface area contributed by atoms with Crippen LogP contribution >= 0.6 is 11.6 Å². The molecule has 0 unspecified atom stereocenters. The molecule has 2 aromatic rings. The summed E-state index contributed by atoms with van der Waals surface area (Å²) < 4.78 is 1.52. The molecule has 5 nitrogen and oxygen atoms in total. The van der Waals surface area contributed by atoms with Gasteiger partial charge in [0.15, 0.2) is 0 Å². The minimum atomic E-state index is -0.296. The summed E-state index contributed by atoms with van der Waals surface area (Å²) in [4.78, 5) is 11.1. The molecule has 0 aliphatic heterocycles. The van der Waals surface area contributed by atoms with Gasteiger partial charge in [0.05, 0.1) is 5.69 Å². The average molecular weight is 251 g/mol. The Balaban J connectivity index is 2.18. The van der Waals surface area contributed by atoms with E-state index in [0.29, 0.717) is 5.02 Å². The number of carbonyl (C=O) groups is 1. The van der Waals surface area contributed by atoms with Gasteiger partial charge in [0.2, 0.25) is 0 Å². The third-order valence-electron chi connectivity index (χ3n) is 2.25. The van der Waals surface area contributed by atoms with Crippen molar-refractivity contribution in [2.75, 3.05) is 0 Å². The average Bonchev–Trinajstić information content (AvgIpc) is 2.78. The highest BCUT2D eigenvalue weighted by Gasteiger charge is 2.04. The van der Waals surface area contributed by atoms with Crippen LogP contribution in [0, 0.1) is 0 Å². The van der Waals surface area contributed by atoms with Crippen molar-refractivity contribution >= 4 is 17.5 Å².